The molecule has 0 fully saturated rings. The van der Waals surface area contributed by atoms with E-state index in [1.54, 1.807) is 18.2 Å². The Labute approximate surface area is 129 Å². The molecule has 0 unspecified atom stereocenters. The molecule has 0 bridgehead atoms. The maximum Gasteiger partial charge on any atom is 0.323 e. The number of rotatable bonds is 6. The number of carbonyl (C=O) groups excluding carboxylic acids is 1. The molecule has 112 valence electrons. The highest BCUT2D eigenvalue weighted by Crippen LogP contribution is 2.28. The van der Waals surface area contributed by atoms with Crippen LogP contribution in [0.4, 0.5) is 0 Å². The van der Waals surface area contributed by atoms with Crippen LogP contribution in [0.3, 0.4) is 0 Å². The highest BCUT2D eigenvalue weighted by Gasteiger charge is 2.18. The first kappa shape index (κ1) is 15.4. The molecule has 0 saturated carbocycles. The summed E-state index contributed by atoms with van der Waals surface area (Å²) < 4.78 is 10.3. The Bertz CT molecular complexity index is 705. The van der Waals surface area contributed by atoms with Crippen LogP contribution in [-0.4, -0.2) is 35.3 Å². The van der Waals surface area contributed by atoms with Crippen LogP contribution in [0.2, 0.25) is 0 Å². The maximum absolute atomic E-state index is 12.5. The summed E-state index contributed by atoms with van der Waals surface area (Å²) in [4.78, 5) is 29.1. The standard InChI is InChI=1S/C14H15BrN2O4/c1-20-10-4-3-8(7-11(10)21-2)13(18)12-9(5-6-15)16-14(19)17-12/h3-4,7H,5-6H2,1-2H3,(H2,16,17,19). The van der Waals surface area contributed by atoms with Gasteiger partial charge in [-0.1, -0.05) is 15.9 Å². The van der Waals surface area contributed by atoms with Crippen LogP contribution < -0.4 is 15.2 Å². The topological polar surface area (TPSA) is 84.2 Å². The summed E-state index contributed by atoms with van der Waals surface area (Å²) in [6.07, 6.45) is 0.549. The first-order valence-electron chi connectivity index (χ1n) is 6.24. The van der Waals surface area contributed by atoms with Crippen LogP contribution >= 0.6 is 15.9 Å². The molecule has 0 aliphatic heterocycles. The summed E-state index contributed by atoms with van der Waals surface area (Å²) in [5.41, 5.74) is 0.872. The predicted molar refractivity (Wildman–Crippen MR) is 81.9 cm³/mol. The number of aromatic amines is 2. The number of aromatic nitrogens is 2. The summed E-state index contributed by atoms with van der Waals surface area (Å²) >= 11 is 3.29. The third-order valence-corrected chi connectivity index (χ3v) is 3.42. The van der Waals surface area contributed by atoms with Gasteiger partial charge in [0, 0.05) is 16.6 Å². The average molecular weight is 355 g/mol. The zero-order valence-corrected chi connectivity index (χ0v) is 13.2. The van der Waals surface area contributed by atoms with E-state index in [9.17, 15) is 9.59 Å². The van der Waals surface area contributed by atoms with Crippen molar-refractivity contribution >= 4 is 21.7 Å². The van der Waals surface area contributed by atoms with Gasteiger partial charge in [0.05, 0.1) is 14.2 Å². The molecule has 0 spiro atoms. The highest BCUT2D eigenvalue weighted by molar-refractivity contribution is 9.09. The van der Waals surface area contributed by atoms with Crippen molar-refractivity contribution in [2.24, 2.45) is 0 Å². The number of hydrogen-bond donors (Lipinski definition) is 2. The number of methoxy groups -OCH3 is 2. The molecule has 0 atom stereocenters. The number of aryl methyl sites for hydroxylation is 1. The number of H-pyrrole nitrogens is 2. The molecular formula is C14H15BrN2O4. The van der Waals surface area contributed by atoms with Gasteiger partial charge < -0.3 is 19.4 Å². The van der Waals surface area contributed by atoms with Crippen LogP contribution in [-0.2, 0) is 6.42 Å². The molecule has 1 heterocycles. The van der Waals surface area contributed by atoms with E-state index in [1.165, 1.54) is 14.2 Å². The summed E-state index contributed by atoms with van der Waals surface area (Å²) in [6, 6.07) is 4.87. The van der Waals surface area contributed by atoms with Crippen LogP contribution in [0.5, 0.6) is 11.5 Å². The fourth-order valence-electron chi connectivity index (χ4n) is 2.02. The Hall–Kier alpha value is -2.02. The van der Waals surface area contributed by atoms with Gasteiger partial charge in [0.25, 0.3) is 0 Å². The SMILES string of the molecule is COc1ccc(C(=O)c2[nH]c(=O)[nH]c2CCBr)cc1OC. The van der Waals surface area contributed by atoms with Gasteiger partial charge in [-0.05, 0) is 24.6 Å². The van der Waals surface area contributed by atoms with E-state index in [2.05, 4.69) is 25.9 Å². The van der Waals surface area contributed by atoms with Crippen LogP contribution in [0.1, 0.15) is 21.7 Å². The molecule has 0 aliphatic rings. The number of hydrogen-bond acceptors (Lipinski definition) is 4. The fourth-order valence-corrected chi connectivity index (χ4v) is 2.41. The quantitative estimate of drug-likeness (QED) is 0.612. The Morgan fingerprint density at radius 1 is 1.19 bits per heavy atom. The third-order valence-electron chi connectivity index (χ3n) is 3.02. The minimum absolute atomic E-state index is 0.270. The Morgan fingerprint density at radius 3 is 2.52 bits per heavy atom. The van der Waals surface area contributed by atoms with Gasteiger partial charge in [0.1, 0.15) is 5.69 Å². The lowest BCUT2D eigenvalue weighted by Crippen LogP contribution is -2.08. The smallest absolute Gasteiger partial charge is 0.323 e. The summed E-state index contributed by atoms with van der Waals surface area (Å²) in [5.74, 6) is 0.728. The van der Waals surface area contributed by atoms with Crippen molar-refractivity contribution in [1.82, 2.24) is 9.97 Å². The molecule has 7 heteroatoms. The van der Waals surface area contributed by atoms with Crippen molar-refractivity contribution in [3.8, 4) is 11.5 Å². The molecule has 6 nitrogen and oxygen atoms in total. The molecular weight excluding hydrogens is 340 g/mol. The van der Waals surface area contributed by atoms with E-state index in [0.717, 1.165) is 0 Å². The van der Waals surface area contributed by atoms with Gasteiger partial charge in [-0.2, -0.15) is 0 Å². The third kappa shape index (κ3) is 3.18. The molecule has 2 N–H and O–H groups in total. The molecule has 0 radical (unpaired) electrons. The largest absolute Gasteiger partial charge is 0.493 e. The predicted octanol–water partition coefficient (Wildman–Crippen LogP) is 1.89. The van der Waals surface area contributed by atoms with E-state index < -0.39 is 5.69 Å². The second-order valence-corrected chi connectivity index (χ2v) is 5.06. The van der Waals surface area contributed by atoms with Crippen LogP contribution in [0.15, 0.2) is 23.0 Å². The number of alkyl halides is 1. The van der Waals surface area contributed by atoms with Crippen molar-refractivity contribution in [3.63, 3.8) is 0 Å². The summed E-state index contributed by atoms with van der Waals surface area (Å²) in [6.45, 7) is 0. The summed E-state index contributed by atoms with van der Waals surface area (Å²) in [5, 5.41) is 0.646. The van der Waals surface area contributed by atoms with Gasteiger partial charge in [0.2, 0.25) is 5.78 Å². The number of benzene rings is 1. The van der Waals surface area contributed by atoms with E-state index in [-0.39, 0.29) is 11.5 Å². The van der Waals surface area contributed by atoms with Gasteiger partial charge in [0.15, 0.2) is 11.5 Å². The Balaban J connectivity index is 2.42. The van der Waals surface area contributed by atoms with E-state index in [4.69, 9.17) is 9.47 Å². The second-order valence-electron chi connectivity index (χ2n) is 4.27. The van der Waals surface area contributed by atoms with E-state index in [1.807, 2.05) is 0 Å². The number of halogens is 1. The van der Waals surface area contributed by atoms with Crippen LogP contribution in [0, 0.1) is 0 Å². The Morgan fingerprint density at radius 2 is 1.90 bits per heavy atom. The maximum atomic E-state index is 12.5. The molecule has 1 aromatic carbocycles. The van der Waals surface area contributed by atoms with Gasteiger partial charge in [-0.3, -0.25) is 4.79 Å². The fraction of sp³-hybridized carbons (Fsp3) is 0.286. The van der Waals surface area contributed by atoms with Gasteiger partial charge in [-0.25, -0.2) is 4.79 Å². The zero-order valence-electron chi connectivity index (χ0n) is 11.7. The second kappa shape index (κ2) is 6.62. The number of imidazole rings is 1. The minimum atomic E-state index is -0.394. The van der Waals surface area contributed by atoms with Crippen molar-refractivity contribution in [3.05, 3.63) is 45.6 Å². The average Bonchev–Trinajstić information content (AvgIpc) is 2.86. The van der Waals surface area contributed by atoms with Crippen molar-refractivity contribution < 1.29 is 14.3 Å². The summed E-state index contributed by atoms with van der Waals surface area (Å²) in [7, 11) is 3.03. The molecule has 2 aromatic rings. The highest BCUT2D eigenvalue weighted by atomic mass is 79.9. The lowest BCUT2D eigenvalue weighted by Gasteiger charge is -2.09. The van der Waals surface area contributed by atoms with Crippen molar-refractivity contribution in [2.45, 2.75) is 6.42 Å². The lowest BCUT2D eigenvalue weighted by atomic mass is 10.1. The Kier molecular flexibility index (Phi) is 4.85. The first-order valence-corrected chi connectivity index (χ1v) is 7.36. The van der Waals surface area contributed by atoms with Crippen molar-refractivity contribution in [2.75, 3.05) is 19.5 Å². The number of carbonyl (C=O) groups is 1. The number of nitrogens with one attached hydrogen (secondary N) is 2. The van der Waals surface area contributed by atoms with Crippen molar-refractivity contribution in [1.29, 1.82) is 0 Å². The van der Waals surface area contributed by atoms with Crippen LogP contribution in [0.25, 0.3) is 0 Å². The molecule has 21 heavy (non-hydrogen) atoms. The van der Waals surface area contributed by atoms with Gasteiger partial charge in [-0.15, -0.1) is 0 Å². The molecule has 0 amide bonds. The molecule has 0 aliphatic carbocycles. The first-order chi connectivity index (χ1) is 10.1. The normalized spacial score (nSPS) is 10.4. The molecule has 2 rings (SSSR count). The zero-order chi connectivity index (χ0) is 15.4. The number of ketones is 1. The molecule has 1 aromatic heterocycles. The van der Waals surface area contributed by atoms with E-state index >= 15 is 0 Å². The molecule has 0 saturated heterocycles. The van der Waals surface area contributed by atoms with E-state index in [0.29, 0.717) is 34.5 Å². The van der Waals surface area contributed by atoms with Gasteiger partial charge >= 0.3 is 5.69 Å². The lowest BCUT2D eigenvalue weighted by molar-refractivity contribution is 0.103. The minimum Gasteiger partial charge on any atom is -0.493 e. The number of ether oxygens (including phenoxy) is 2. The monoisotopic (exact) mass is 354 g/mol.